The van der Waals surface area contributed by atoms with Gasteiger partial charge in [-0.1, -0.05) is 36.4 Å². The van der Waals surface area contributed by atoms with E-state index in [9.17, 15) is 20.0 Å². The van der Waals surface area contributed by atoms with Crippen LogP contribution in [-0.2, 0) is 11.2 Å². The number of aliphatic hydroxyl groups is 1. The average Bonchev–Trinajstić information content (AvgIpc) is 2.49. The number of nitro groups is 1. The van der Waals surface area contributed by atoms with Crippen LogP contribution in [0.4, 0.5) is 11.4 Å². The number of anilines is 1. The molecule has 0 spiro atoms. The van der Waals surface area contributed by atoms with Crippen molar-refractivity contribution in [2.45, 2.75) is 19.4 Å². The Hall–Kier alpha value is -2.73. The summed E-state index contributed by atoms with van der Waals surface area (Å²) in [5.41, 5.74) is 1.19. The lowest BCUT2D eigenvalue weighted by Crippen LogP contribution is -2.12. The van der Waals surface area contributed by atoms with Gasteiger partial charge in [0.2, 0.25) is 5.91 Å². The molecule has 0 fully saturated rings. The van der Waals surface area contributed by atoms with E-state index in [1.807, 2.05) is 6.07 Å². The molecule has 22 heavy (non-hydrogen) atoms. The van der Waals surface area contributed by atoms with Crippen LogP contribution in [-0.4, -0.2) is 15.9 Å². The molecule has 6 heteroatoms. The number of hydrogen-bond donors (Lipinski definition) is 2. The molecule has 1 amide bonds. The van der Waals surface area contributed by atoms with Crippen LogP contribution in [0.25, 0.3) is 0 Å². The Morgan fingerprint density at radius 1 is 1.23 bits per heavy atom. The first-order chi connectivity index (χ1) is 10.5. The Morgan fingerprint density at radius 2 is 1.91 bits per heavy atom. The summed E-state index contributed by atoms with van der Waals surface area (Å²) in [6.45, 7) is 1.33. The average molecular weight is 300 g/mol. The molecule has 0 bridgehead atoms. The highest BCUT2D eigenvalue weighted by atomic mass is 16.6. The van der Waals surface area contributed by atoms with Gasteiger partial charge in [0.15, 0.2) is 0 Å². The molecule has 1 atom stereocenters. The minimum atomic E-state index is -0.894. The number of nitrogens with one attached hydrogen (secondary N) is 1. The minimum Gasteiger partial charge on any atom is -0.388 e. The summed E-state index contributed by atoms with van der Waals surface area (Å²) >= 11 is 0. The summed E-state index contributed by atoms with van der Waals surface area (Å²) in [4.78, 5) is 21.9. The van der Waals surface area contributed by atoms with E-state index in [0.717, 1.165) is 0 Å². The van der Waals surface area contributed by atoms with Crippen molar-refractivity contribution in [3.05, 3.63) is 69.8 Å². The molecule has 114 valence electrons. The van der Waals surface area contributed by atoms with E-state index in [0.29, 0.717) is 16.8 Å². The van der Waals surface area contributed by atoms with Gasteiger partial charge in [-0.15, -0.1) is 0 Å². The lowest BCUT2D eigenvalue weighted by molar-refractivity contribution is -0.385. The zero-order valence-corrected chi connectivity index (χ0v) is 12.0. The highest BCUT2D eigenvalue weighted by Gasteiger charge is 2.21. The van der Waals surface area contributed by atoms with E-state index in [2.05, 4.69) is 5.32 Å². The maximum atomic E-state index is 11.3. The third-order valence-corrected chi connectivity index (χ3v) is 3.24. The van der Waals surface area contributed by atoms with E-state index in [1.165, 1.54) is 19.1 Å². The van der Waals surface area contributed by atoms with Gasteiger partial charge >= 0.3 is 0 Å². The van der Waals surface area contributed by atoms with Crippen LogP contribution in [0.5, 0.6) is 0 Å². The number of nitro benzene ring substituents is 1. The van der Waals surface area contributed by atoms with E-state index in [4.69, 9.17) is 0 Å². The van der Waals surface area contributed by atoms with Crippen LogP contribution in [0.2, 0.25) is 0 Å². The van der Waals surface area contributed by atoms with Crippen molar-refractivity contribution in [1.82, 2.24) is 0 Å². The normalized spacial score (nSPS) is 11.7. The smallest absolute Gasteiger partial charge is 0.274 e. The predicted octanol–water partition coefficient (Wildman–Crippen LogP) is 2.83. The standard InChI is InChI=1S/C16H16N2O4/c1-11(19)17-14-8-5-9-15(18(21)22)13(14)10-16(20)12-6-3-2-4-7-12/h2-9,16,20H,10H2,1H3,(H,17,19). The van der Waals surface area contributed by atoms with Gasteiger partial charge in [0.25, 0.3) is 5.69 Å². The lowest BCUT2D eigenvalue weighted by atomic mass is 9.98. The zero-order chi connectivity index (χ0) is 16.1. The summed E-state index contributed by atoms with van der Waals surface area (Å²) in [5, 5.41) is 24.1. The second-order valence-corrected chi connectivity index (χ2v) is 4.87. The van der Waals surface area contributed by atoms with Crippen LogP contribution in [0.15, 0.2) is 48.5 Å². The van der Waals surface area contributed by atoms with E-state index in [-0.39, 0.29) is 18.0 Å². The maximum absolute atomic E-state index is 11.3. The molecule has 0 aromatic heterocycles. The van der Waals surface area contributed by atoms with Crippen molar-refractivity contribution in [1.29, 1.82) is 0 Å². The fraction of sp³-hybridized carbons (Fsp3) is 0.188. The summed E-state index contributed by atoms with van der Waals surface area (Å²) in [5.74, 6) is -0.323. The Balaban J connectivity index is 2.39. The number of amides is 1. The Bertz CT molecular complexity index is 686. The summed E-state index contributed by atoms with van der Waals surface area (Å²) < 4.78 is 0. The van der Waals surface area contributed by atoms with Crippen molar-refractivity contribution < 1.29 is 14.8 Å². The topological polar surface area (TPSA) is 92.5 Å². The van der Waals surface area contributed by atoms with Gasteiger partial charge in [0.1, 0.15) is 0 Å². The molecule has 0 aliphatic heterocycles. The summed E-state index contributed by atoms with van der Waals surface area (Å²) in [6.07, 6.45) is -0.855. The predicted molar refractivity (Wildman–Crippen MR) is 82.5 cm³/mol. The van der Waals surface area contributed by atoms with Gasteiger partial charge in [0, 0.05) is 19.4 Å². The fourth-order valence-corrected chi connectivity index (χ4v) is 2.25. The number of carbonyl (C=O) groups excluding carboxylic acids is 1. The molecule has 2 N–H and O–H groups in total. The Kier molecular flexibility index (Phi) is 4.85. The molecule has 1 unspecified atom stereocenters. The number of benzene rings is 2. The van der Waals surface area contributed by atoms with Crippen LogP contribution >= 0.6 is 0 Å². The fourth-order valence-electron chi connectivity index (χ4n) is 2.25. The second-order valence-electron chi connectivity index (χ2n) is 4.87. The number of nitrogens with zero attached hydrogens (tertiary/aromatic N) is 1. The summed E-state index contributed by atoms with van der Waals surface area (Å²) in [7, 11) is 0. The zero-order valence-electron chi connectivity index (χ0n) is 12.0. The number of hydrogen-bond acceptors (Lipinski definition) is 4. The second kappa shape index (κ2) is 6.82. The van der Waals surface area contributed by atoms with Gasteiger partial charge in [-0.3, -0.25) is 14.9 Å². The summed E-state index contributed by atoms with van der Waals surface area (Å²) in [6, 6.07) is 13.3. The van der Waals surface area contributed by atoms with Crippen LogP contribution in [0, 0.1) is 10.1 Å². The largest absolute Gasteiger partial charge is 0.388 e. The van der Waals surface area contributed by atoms with E-state index in [1.54, 1.807) is 30.3 Å². The van der Waals surface area contributed by atoms with Crippen LogP contribution in [0.3, 0.4) is 0 Å². The van der Waals surface area contributed by atoms with E-state index >= 15 is 0 Å². The Labute approximate surface area is 127 Å². The first kappa shape index (κ1) is 15.7. The quantitative estimate of drug-likeness (QED) is 0.656. The molecule has 0 saturated heterocycles. The van der Waals surface area contributed by atoms with E-state index < -0.39 is 11.0 Å². The maximum Gasteiger partial charge on any atom is 0.274 e. The SMILES string of the molecule is CC(=O)Nc1cccc([N+](=O)[O-])c1CC(O)c1ccccc1. The first-order valence-electron chi connectivity index (χ1n) is 6.76. The number of carbonyl (C=O) groups is 1. The molecule has 0 saturated carbocycles. The highest BCUT2D eigenvalue weighted by Crippen LogP contribution is 2.31. The van der Waals surface area contributed by atoms with Gasteiger partial charge < -0.3 is 10.4 Å². The molecule has 2 rings (SSSR count). The molecule has 0 radical (unpaired) electrons. The van der Waals surface area contributed by atoms with Crippen LogP contribution < -0.4 is 5.32 Å². The van der Waals surface area contributed by atoms with Gasteiger partial charge in [-0.05, 0) is 11.6 Å². The van der Waals surface area contributed by atoms with Crippen LogP contribution in [0.1, 0.15) is 24.2 Å². The van der Waals surface area contributed by atoms with Gasteiger partial charge in [-0.2, -0.15) is 0 Å². The molecular weight excluding hydrogens is 284 g/mol. The third-order valence-electron chi connectivity index (χ3n) is 3.24. The van der Waals surface area contributed by atoms with Crippen molar-refractivity contribution >= 4 is 17.3 Å². The molecular formula is C16H16N2O4. The van der Waals surface area contributed by atoms with Crippen molar-refractivity contribution in [3.63, 3.8) is 0 Å². The molecule has 2 aromatic rings. The van der Waals surface area contributed by atoms with Gasteiger partial charge in [-0.25, -0.2) is 0 Å². The van der Waals surface area contributed by atoms with Gasteiger partial charge in [0.05, 0.1) is 22.3 Å². The van der Waals surface area contributed by atoms with Crippen molar-refractivity contribution in [2.24, 2.45) is 0 Å². The number of aliphatic hydroxyl groups excluding tert-OH is 1. The first-order valence-corrected chi connectivity index (χ1v) is 6.76. The minimum absolute atomic E-state index is 0.0385. The molecule has 0 aliphatic carbocycles. The van der Waals surface area contributed by atoms with Crippen molar-refractivity contribution in [2.75, 3.05) is 5.32 Å². The molecule has 2 aromatic carbocycles. The molecule has 0 aliphatic rings. The van der Waals surface area contributed by atoms with Crippen molar-refractivity contribution in [3.8, 4) is 0 Å². The Morgan fingerprint density at radius 3 is 2.50 bits per heavy atom. The molecule has 0 heterocycles. The highest BCUT2D eigenvalue weighted by molar-refractivity contribution is 5.90. The number of rotatable bonds is 5. The monoisotopic (exact) mass is 300 g/mol. The molecule has 6 nitrogen and oxygen atoms in total. The lowest BCUT2D eigenvalue weighted by Gasteiger charge is -2.15. The third kappa shape index (κ3) is 3.67.